The standard InChI is InChI=1S/C12H20ClN3/c1-12(2,16(3)4)9-15-7-10-5-6-14-8-11(10)13/h5-6,8,15H,7,9H2,1-4H3. The van der Waals surface area contributed by atoms with Crippen LogP contribution >= 0.6 is 11.6 Å². The van der Waals surface area contributed by atoms with E-state index in [0.717, 1.165) is 23.7 Å². The summed E-state index contributed by atoms with van der Waals surface area (Å²) in [5.74, 6) is 0. The Labute approximate surface area is 103 Å². The molecule has 90 valence electrons. The van der Waals surface area contributed by atoms with E-state index in [-0.39, 0.29) is 5.54 Å². The molecule has 1 N–H and O–H groups in total. The molecule has 0 aliphatic carbocycles. The second kappa shape index (κ2) is 5.62. The van der Waals surface area contributed by atoms with E-state index in [4.69, 9.17) is 11.6 Å². The monoisotopic (exact) mass is 241 g/mol. The third-order valence-corrected chi connectivity index (χ3v) is 3.28. The van der Waals surface area contributed by atoms with Crippen molar-refractivity contribution in [3.63, 3.8) is 0 Å². The highest BCUT2D eigenvalue weighted by Gasteiger charge is 2.19. The van der Waals surface area contributed by atoms with Gasteiger partial charge in [-0.1, -0.05) is 11.6 Å². The van der Waals surface area contributed by atoms with E-state index in [1.54, 1.807) is 12.4 Å². The second-order valence-electron chi connectivity index (χ2n) is 4.78. The van der Waals surface area contributed by atoms with E-state index in [1.807, 2.05) is 6.07 Å². The lowest BCUT2D eigenvalue weighted by molar-refractivity contribution is 0.190. The highest BCUT2D eigenvalue weighted by atomic mass is 35.5. The molecule has 4 heteroatoms. The van der Waals surface area contributed by atoms with Crippen LogP contribution in [0.2, 0.25) is 5.02 Å². The van der Waals surface area contributed by atoms with Crippen LogP contribution in [0.25, 0.3) is 0 Å². The van der Waals surface area contributed by atoms with Crippen LogP contribution in [0.4, 0.5) is 0 Å². The largest absolute Gasteiger partial charge is 0.311 e. The van der Waals surface area contributed by atoms with Crippen LogP contribution in [-0.4, -0.2) is 36.1 Å². The quantitative estimate of drug-likeness (QED) is 0.857. The number of aromatic nitrogens is 1. The van der Waals surface area contributed by atoms with Crippen LogP contribution in [-0.2, 0) is 6.54 Å². The van der Waals surface area contributed by atoms with Crippen molar-refractivity contribution in [2.75, 3.05) is 20.6 Å². The number of nitrogens with one attached hydrogen (secondary N) is 1. The normalized spacial score (nSPS) is 12.1. The van der Waals surface area contributed by atoms with E-state index >= 15 is 0 Å². The molecule has 0 aromatic carbocycles. The Morgan fingerprint density at radius 1 is 1.44 bits per heavy atom. The first-order valence-corrected chi connectivity index (χ1v) is 5.78. The summed E-state index contributed by atoms with van der Waals surface area (Å²) in [5.41, 5.74) is 1.23. The van der Waals surface area contributed by atoms with Crippen molar-refractivity contribution in [1.82, 2.24) is 15.2 Å². The Balaban J connectivity index is 2.45. The second-order valence-corrected chi connectivity index (χ2v) is 5.18. The highest BCUT2D eigenvalue weighted by molar-refractivity contribution is 6.31. The molecule has 0 aliphatic rings. The van der Waals surface area contributed by atoms with Gasteiger partial charge in [0.05, 0.1) is 5.02 Å². The van der Waals surface area contributed by atoms with Crippen molar-refractivity contribution in [2.24, 2.45) is 0 Å². The lowest BCUT2D eigenvalue weighted by atomic mass is 10.0. The van der Waals surface area contributed by atoms with Crippen LogP contribution < -0.4 is 5.32 Å². The van der Waals surface area contributed by atoms with Crippen molar-refractivity contribution in [2.45, 2.75) is 25.9 Å². The summed E-state index contributed by atoms with van der Waals surface area (Å²) < 4.78 is 0. The number of halogens is 1. The topological polar surface area (TPSA) is 28.2 Å². The lowest BCUT2D eigenvalue weighted by Crippen LogP contribution is -2.46. The minimum Gasteiger partial charge on any atom is -0.311 e. The highest BCUT2D eigenvalue weighted by Crippen LogP contribution is 2.13. The van der Waals surface area contributed by atoms with Crippen LogP contribution in [0.5, 0.6) is 0 Å². The third-order valence-electron chi connectivity index (χ3n) is 2.94. The van der Waals surface area contributed by atoms with Crippen molar-refractivity contribution in [1.29, 1.82) is 0 Å². The molecule has 0 fully saturated rings. The van der Waals surface area contributed by atoms with E-state index in [1.165, 1.54) is 0 Å². The van der Waals surface area contributed by atoms with Crippen molar-refractivity contribution >= 4 is 11.6 Å². The number of hydrogen-bond donors (Lipinski definition) is 1. The molecule has 0 saturated carbocycles. The number of nitrogens with zero attached hydrogens (tertiary/aromatic N) is 2. The minimum absolute atomic E-state index is 0.138. The summed E-state index contributed by atoms with van der Waals surface area (Å²) >= 11 is 6.02. The van der Waals surface area contributed by atoms with Gasteiger partial charge in [0.1, 0.15) is 0 Å². The van der Waals surface area contributed by atoms with Crippen LogP contribution in [0, 0.1) is 0 Å². The van der Waals surface area contributed by atoms with E-state index in [0.29, 0.717) is 0 Å². The molecular weight excluding hydrogens is 222 g/mol. The zero-order valence-corrected chi connectivity index (χ0v) is 11.2. The molecule has 1 aromatic heterocycles. The first kappa shape index (κ1) is 13.4. The predicted molar refractivity (Wildman–Crippen MR) is 68.7 cm³/mol. The zero-order chi connectivity index (χ0) is 12.2. The Morgan fingerprint density at radius 2 is 2.12 bits per heavy atom. The molecule has 0 atom stereocenters. The fourth-order valence-electron chi connectivity index (χ4n) is 1.21. The Bertz CT molecular complexity index is 337. The van der Waals surface area contributed by atoms with Crippen LogP contribution in [0.3, 0.4) is 0 Å². The summed E-state index contributed by atoms with van der Waals surface area (Å²) in [4.78, 5) is 6.16. The molecule has 0 saturated heterocycles. The van der Waals surface area contributed by atoms with Gasteiger partial charge in [-0.25, -0.2) is 0 Å². The molecule has 1 rings (SSSR count). The number of hydrogen-bond acceptors (Lipinski definition) is 3. The Hall–Kier alpha value is -0.640. The molecule has 0 spiro atoms. The summed E-state index contributed by atoms with van der Waals surface area (Å²) in [6.45, 7) is 6.10. The lowest BCUT2D eigenvalue weighted by Gasteiger charge is -2.32. The van der Waals surface area contributed by atoms with Crippen molar-refractivity contribution in [3.8, 4) is 0 Å². The SMILES string of the molecule is CN(C)C(C)(C)CNCc1ccncc1Cl. The fourth-order valence-corrected chi connectivity index (χ4v) is 1.39. The summed E-state index contributed by atoms with van der Waals surface area (Å²) in [6.07, 6.45) is 3.44. The molecule has 16 heavy (non-hydrogen) atoms. The maximum absolute atomic E-state index is 6.02. The molecule has 3 nitrogen and oxygen atoms in total. The Kier molecular flexibility index (Phi) is 4.71. The van der Waals surface area contributed by atoms with Gasteiger partial charge >= 0.3 is 0 Å². The maximum atomic E-state index is 6.02. The number of likely N-dealkylation sites (N-methyl/N-ethyl adjacent to an activating group) is 1. The summed E-state index contributed by atoms with van der Waals surface area (Å²) in [7, 11) is 4.17. The smallest absolute Gasteiger partial charge is 0.0634 e. The average molecular weight is 242 g/mol. The van der Waals surface area contributed by atoms with Gasteiger partial charge in [0, 0.05) is 31.0 Å². The van der Waals surface area contributed by atoms with E-state index in [9.17, 15) is 0 Å². The van der Waals surface area contributed by atoms with Gasteiger partial charge in [-0.15, -0.1) is 0 Å². The molecule has 0 unspecified atom stereocenters. The van der Waals surface area contributed by atoms with Gasteiger partial charge in [0.2, 0.25) is 0 Å². The molecule has 0 bridgehead atoms. The molecule has 0 aliphatic heterocycles. The maximum Gasteiger partial charge on any atom is 0.0634 e. The van der Waals surface area contributed by atoms with Gasteiger partial charge in [-0.3, -0.25) is 4.98 Å². The third kappa shape index (κ3) is 3.74. The molecule has 1 heterocycles. The Morgan fingerprint density at radius 3 is 2.69 bits per heavy atom. The number of rotatable bonds is 5. The minimum atomic E-state index is 0.138. The van der Waals surface area contributed by atoms with E-state index < -0.39 is 0 Å². The molecule has 0 radical (unpaired) electrons. The first-order valence-electron chi connectivity index (χ1n) is 5.40. The van der Waals surface area contributed by atoms with Gasteiger partial charge < -0.3 is 10.2 Å². The van der Waals surface area contributed by atoms with Crippen molar-refractivity contribution in [3.05, 3.63) is 29.0 Å². The van der Waals surface area contributed by atoms with Crippen LogP contribution in [0.15, 0.2) is 18.5 Å². The fraction of sp³-hybridized carbons (Fsp3) is 0.583. The van der Waals surface area contributed by atoms with Gasteiger partial charge in [-0.05, 0) is 39.6 Å². The number of pyridine rings is 1. The van der Waals surface area contributed by atoms with E-state index in [2.05, 4.69) is 43.1 Å². The summed E-state index contributed by atoms with van der Waals surface area (Å²) in [5, 5.41) is 4.13. The van der Waals surface area contributed by atoms with Gasteiger partial charge in [-0.2, -0.15) is 0 Å². The van der Waals surface area contributed by atoms with Crippen molar-refractivity contribution < 1.29 is 0 Å². The molecule has 0 amide bonds. The van der Waals surface area contributed by atoms with Crippen LogP contribution in [0.1, 0.15) is 19.4 Å². The zero-order valence-electron chi connectivity index (χ0n) is 10.4. The average Bonchev–Trinajstić information content (AvgIpc) is 2.20. The van der Waals surface area contributed by atoms with Gasteiger partial charge in [0.15, 0.2) is 0 Å². The predicted octanol–water partition coefficient (Wildman–Crippen LogP) is 2.16. The molecular formula is C12H20ClN3. The summed E-state index contributed by atoms with van der Waals surface area (Å²) in [6, 6.07) is 1.94. The van der Waals surface area contributed by atoms with Gasteiger partial charge in [0.25, 0.3) is 0 Å². The molecule has 1 aromatic rings. The first-order chi connectivity index (χ1) is 7.43.